The standard InChI is InChI=1S/C35H32N2O8/c38-33(37-30-4-2-1-3-29(30)35(40)41)19-22-5-10-25(11-6-22)44-27-14-16-28(17-15-27)45-26-12-8-24(9-13-26)36-34(39)23-7-18-31-32(20-23)43-21-42-31/h1-7,10-11,14-18,20,24,26H,8-9,12-13,19,21H2,(H,36,39)(H,37,38)(H,40,41). The highest BCUT2D eigenvalue weighted by Gasteiger charge is 2.25. The minimum Gasteiger partial charge on any atom is -0.490 e. The van der Waals surface area contributed by atoms with E-state index < -0.39 is 5.97 Å². The van der Waals surface area contributed by atoms with Crippen LogP contribution in [-0.2, 0) is 11.2 Å². The number of carbonyl (C=O) groups excluding carboxylic acids is 2. The zero-order chi connectivity index (χ0) is 31.2. The van der Waals surface area contributed by atoms with Crippen LogP contribution in [0.3, 0.4) is 0 Å². The van der Waals surface area contributed by atoms with E-state index in [-0.39, 0.29) is 48.4 Å². The van der Waals surface area contributed by atoms with Gasteiger partial charge in [0, 0.05) is 11.6 Å². The zero-order valence-electron chi connectivity index (χ0n) is 24.4. The maximum absolute atomic E-state index is 12.7. The molecule has 1 aliphatic heterocycles. The Morgan fingerprint density at radius 1 is 0.778 bits per heavy atom. The molecule has 1 heterocycles. The van der Waals surface area contributed by atoms with Crippen LogP contribution in [0.1, 0.15) is 52.0 Å². The van der Waals surface area contributed by atoms with Crippen molar-refractivity contribution in [3.63, 3.8) is 0 Å². The Morgan fingerprint density at radius 3 is 2.18 bits per heavy atom. The van der Waals surface area contributed by atoms with Gasteiger partial charge in [-0.2, -0.15) is 0 Å². The minimum atomic E-state index is -1.10. The first-order valence-corrected chi connectivity index (χ1v) is 14.8. The van der Waals surface area contributed by atoms with Gasteiger partial charge >= 0.3 is 5.97 Å². The number of hydrogen-bond donors (Lipinski definition) is 3. The predicted molar refractivity (Wildman–Crippen MR) is 165 cm³/mol. The lowest BCUT2D eigenvalue weighted by Gasteiger charge is -2.29. The minimum absolute atomic E-state index is 0.0401. The lowest BCUT2D eigenvalue weighted by molar-refractivity contribution is -0.115. The van der Waals surface area contributed by atoms with Gasteiger partial charge < -0.3 is 34.7 Å². The van der Waals surface area contributed by atoms with E-state index in [1.165, 1.54) is 6.07 Å². The van der Waals surface area contributed by atoms with Crippen molar-refractivity contribution in [3.8, 4) is 28.7 Å². The first-order valence-electron chi connectivity index (χ1n) is 14.8. The highest BCUT2D eigenvalue weighted by molar-refractivity contribution is 6.01. The van der Waals surface area contributed by atoms with Crippen LogP contribution in [0, 0.1) is 0 Å². The van der Waals surface area contributed by atoms with Gasteiger partial charge in [-0.15, -0.1) is 0 Å². The fourth-order valence-electron chi connectivity index (χ4n) is 5.38. The van der Waals surface area contributed by atoms with E-state index in [1.54, 1.807) is 60.7 Å². The number of rotatable bonds is 10. The van der Waals surface area contributed by atoms with Crippen LogP contribution in [0.25, 0.3) is 0 Å². The summed E-state index contributed by atoms with van der Waals surface area (Å²) in [6, 6.07) is 26.2. The molecule has 4 aromatic rings. The van der Waals surface area contributed by atoms with Gasteiger partial charge in [0.15, 0.2) is 11.5 Å². The van der Waals surface area contributed by atoms with E-state index in [2.05, 4.69) is 10.6 Å². The van der Waals surface area contributed by atoms with Gasteiger partial charge in [-0.25, -0.2) is 4.79 Å². The molecule has 2 amide bonds. The largest absolute Gasteiger partial charge is 0.490 e. The average Bonchev–Trinajstić information content (AvgIpc) is 3.52. The number of fused-ring (bicyclic) bond motifs is 1. The molecule has 230 valence electrons. The summed E-state index contributed by atoms with van der Waals surface area (Å²) in [5.41, 5.74) is 1.62. The molecule has 0 bridgehead atoms. The van der Waals surface area contributed by atoms with Gasteiger partial charge in [-0.3, -0.25) is 9.59 Å². The van der Waals surface area contributed by atoms with Crippen LogP contribution in [0.15, 0.2) is 91.0 Å². The van der Waals surface area contributed by atoms with Crippen molar-refractivity contribution in [2.24, 2.45) is 0 Å². The highest BCUT2D eigenvalue weighted by Crippen LogP contribution is 2.33. The first kappa shape index (κ1) is 29.6. The third-order valence-corrected chi connectivity index (χ3v) is 7.73. The average molecular weight is 609 g/mol. The quantitative estimate of drug-likeness (QED) is 0.194. The Morgan fingerprint density at radius 2 is 1.44 bits per heavy atom. The molecule has 0 spiro atoms. The van der Waals surface area contributed by atoms with Crippen molar-refractivity contribution < 1.29 is 38.4 Å². The molecule has 0 aromatic heterocycles. The lowest BCUT2D eigenvalue weighted by Crippen LogP contribution is -2.39. The molecule has 2 aliphatic rings. The van der Waals surface area contributed by atoms with Crippen molar-refractivity contribution in [3.05, 3.63) is 108 Å². The Bertz CT molecular complexity index is 1680. The Hall–Kier alpha value is -5.51. The molecule has 10 nitrogen and oxygen atoms in total. The van der Waals surface area contributed by atoms with Crippen LogP contribution < -0.4 is 29.6 Å². The molecule has 6 rings (SSSR count). The number of para-hydroxylation sites is 1. The molecule has 0 atom stereocenters. The zero-order valence-corrected chi connectivity index (χ0v) is 24.4. The molecule has 0 saturated heterocycles. The van der Waals surface area contributed by atoms with Gasteiger partial charge in [-0.1, -0.05) is 24.3 Å². The predicted octanol–water partition coefficient (Wildman–Crippen LogP) is 6.21. The summed E-state index contributed by atoms with van der Waals surface area (Å²) in [7, 11) is 0. The number of anilines is 1. The van der Waals surface area contributed by atoms with Gasteiger partial charge in [0.25, 0.3) is 5.91 Å². The number of carboxylic acid groups (broad SMARTS) is 1. The summed E-state index contributed by atoms with van der Waals surface area (Å²) in [6.07, 6.45) is 3.48. The summed E-state index contributed by atoms with van der Waals surface area (Å²) in [5, 5.41) is 15.1. The number of hydrogen-bond acceptors (Lipinski definition) is 7. The molecular weight excluding hydrogens is 576 g/mol. The van der Waals surface area contributed by atoms with Gasteiger partial charge in [0.1, 0.15) is 17.2 Å². The fraction of sp³-hybridized carbons (Fsp3) is 0.229. The summed E-state index contributed by atoms with van der Waals surface area (Å²) in [6.45, 7) is 0.174. The topological polar surface area (TPSA) is 132 Å². The molecular formula is C35H32N2O8. The smallest absolute Gasteiger partial charge is 0.337 e. The molecule has 0 unspecified atom stereocenters. The van der Waals surface area contributed by atoms with E-state index in [0.29, 0.717) is 28.6 Å². The number of aromatic carboxylic acids is 1. The molecule has 1 fully saturated rings. The molecule has 45 heavy (non-hydrogen) atoms. The van der Waals surface area contributed by atoms with Gasteiger partial charge in [0.2, 0.25) is 12.7 Å². The summed E-state index contributed by atoms with van der Waals surface area (Å²) >= 11 is 0. The Kier molecular flexibility index (Phi) is 8.81. The summed E-state index contributed by atoms with van der Waals surface area (Å²) < 4.78 is 22.8. The van der Waals surface area contributed by atoms with E-state index in [4.69, 9.17) is 18.9 Å². The second-order valence-electron chi connectivity index (χ2n) is 10.9. The van der Waals surface area contributed by atoms with E-state index in [9.17, 15) is 19.5 Å². The van der Waals surface area contributed by atoms with Crippen LogP contribution in [-0.4, -0.2) is 41.8 Å². The summed E-state index contributed by atoms with van der Waals surface area (Å²) in [5.74, 6) is 1.73. The van der Waals surface area contributed by atoms with E-state index >= 15 is 0 Å². The second-order valence-corrected chi connectivity index (χ2v) is 10.9. The van der Waals surface area contributed by atoms with Gasteiger partial charge in [0.05, 0.1) is 23.8 Å². The molecule has 0 radical (unpaired) electrons. The van der Waals surface area contributed by atoms with Gasteiger partial charge in [-0.05, 0) is 98.0 Å². The molecule has 1 aliphatic carbocycles. The molecule has 1 saturated carbocycles. The van der Waals surface area contributed by atoms with Crippen LogP contribution in [0.4, 0.5) is 5.69 Å². The maximum atomic E-state index is 12.7. The van der Waals surface area contributed by atoms with Crippen LogP contribution >= 0.6 is 0 Å². The van der Waals surface area contributed by atoms with Crippen LogP contribution in [0.5, 0.6) is 28.7 Å². The molecule has 4 aromatic carbocycles. The van der Waals surface area contributed by atoms with Crippen molar-refractivity contribution in [2.45, 2.75) is 44.2 Å². The van der Waals surface area contributed by atoms with Crippen molar-refractivity contribution in [2.75, 3.05) is 12.1 Å². The van der Waals surface area contributed by atoms with E-state index in [1.807, 2.05) is 24.3 Å². The third-order valence-electron chi connectivity index (χ3n) is 7.73. The lowest BCUT2D eigenvalue weighted by atomic mass is 9.92. The van der Waals surface area contributed by atoms with E-state index in [0.717, 1.165) is 37.0 Å². The fourth-order valence-corrected chi connectivity index (χ4v) is 5.38. The number of benzene rings is 4. The number of amides is 2. The van der Waals surface area contributed by atoms with Crippen LogP contribution in [0.2, 0.25) is 0 Å². The Balaban J connectivity index is 0.937. The second kappa shape index (κ2) is 13.4. The third kappa shape index (κ3) is 7.53. The van der Waals surface area contributed by atoms with Crippen molar-refractivity contribution in [1.82, 2.24) is 5.32 Å². The number of carboxylic acids is 1. The number of carbonyl (C=O) groups is 3. The normalized spacial score (nSPS) is 16.8. The Labute approximate surface area is 259 Å². The maximum Gasteiger partial charge on any atom is 0.337 e. The monoisotopic (exact) mass is 608 g/mol. The SMILES string of the molecule is O=C(Cc1ccc(Oc2ccc(OC3CCC(NC(=O)c4ccc5c(c4)OCO5)CC3)cc2)cc1)Nc1ccccc1C(=O)O. The van der Waals surface area contributed by atoms with Crippen molar-refractivity contribution in [1.29, 1.82) is 0 Å². The molecule has 3 N–H and O–H groups in total. The molecule has 10 heteroatoms. The number of ether oxygens (including phenoxy) is 4. The number of nitrogens with one attached hydrogen (secondary N) is 2. The highest BCUT2D eigenvalue weighted by atomic mass is 16.7. The summed E-state index contributed by atoms with van der Waals surface area (Å²) in [4.78, 5) is 36.6. The first-order chi connectivity index (χ1) is 21.9. The van der Waals surface area contributed by atoms with Crippen molar-refractivity contribution >= 4 is 23.5 Å².